The molecule has 0 radical (unpaired) electrons. The summed E-state index contributed by atoms with van der Waals surface area (Å²) >= 11 is 0. The Labute approximate surface area is 389 Å². The molecule has 8 nitrogen and oxygen atoms in total. The SMILES string of the molecule is C1=CCC(n2c3ccccc3c3c4c(ccc32)c2ccccc2n4-c2nc(-c3ccccc3)c3cnc(-n4c5ccccc5c5ccc6c7c(n(-c8ccccc8)c6c54)CCC=C7)nc3n2)C=C1. The van der Waals surface area contributed by atoms with Crippen LogP contribution >= 0.6 is 0 Å². The zero-order valence-electron chi connectivity index (χ0n) is 36.8. The lowest BCUT2D eigenvalue weighted by Crippen LogP contribution is -2.08. The molecule has 0 fully saturated rings. The van der Waals surface area contributed by atoms with E-state index in [0.29, 0.717) is 17.5 Å². The van der Waals surface area contributed by atoms with Gasteiger partial charge in [0, 0.05) is 71.9 Å². The van der Waals surface area contributed by atoms with Gasteiger partial charge < -0.3 is 9.13 Å². The predicted octanol–water partition coefficient (Wildman–Crippen LogP) is 14.3. The largest absolute Gasteiger partial charge is 0.333 e. The number of aromatic nitrogens is 8. The Bertz CT molecular complexity index is 4350. The van der Waals surface area contributed by atoms with Crippen LogP contribution in [0.1, 0.15) is 30.1 Å². The van der Waals surface area contributed by atoms with E-state index in [2.05, 4.69) is 206 Å². The number of hydrogen-bond donors (Lipinski definition) is 0. The van der Waals surface area contributed by atoms with Crippen molar-refractivity contribution in [2.24, 2.45) is 0 Å². The smallest absolute Gasteiger partial charge is 0.237 e. The average molecular weight is 873 g/mol. The quantitative estimate of drug-likeness (QED) is 0.173. The summed E-state index contributed by atoms with van der Waals surface area (Å²) in [7, 11) is 0. The van der Waals surface area contributed by atoms with Gasteiger partial charge in [-0.1, -0.05) is 158 Å². The van der Waals surface area contributed by atoms with Gasteiger partial charge in [0.15, 0.2) is 5.65 Å². The van der Waals surface area contributed by atoms with Crippen LogP contribution in [-0.2, 0) is 6.42 Å². The van der Waals surface area contributed by atoms with Gasteiger partial charge in [-0.3, -0.25) is 9.13 Å². The maximum atomic E-state index is 5.55. The fourth-order valence-corrected chi connectivity index (χ4v) is 11.6. The third kappa shape index (κ3) is 5.19. The van der Waals surface area contributed by atoms with E-state index in [1.807, 2.05) is 12.3 Å². The summed E-state index contributed by atoms with van der Waals surface area (Å²) < 4.78 is 9.52. The molecule has 2 aliphatic rings. The van der Waals surface area contributed by atoms with Crippen molar-refractivity contribution in [1.29, 1.82) is 0 Å². The fourth-order valence-electron chi connectivity index (χ4n) is 11.6. The molecule has 68 heavy (non-hydrogen) atoms. The first-order chi connectivity index (χ1) is 33.8. The van der Waals surface area contributed by atoms with Crippen LogP contribution in [0, 0.1) is 0 Å². The number of allylic oxidation sites excluding steroid dienone is 5. The van der Waals surface area contributed by atoms with Crippen LogP contribution in [0.15, 0.2) is 194 Å². The maximum absolute atomic E-state index is 5.55. The van der Waals surface area contributed by atoms with E-state index in [4.69, 9.17) is 19.9 Å². The molecule has 0 N–H and O–H groups in total. The van der Waals surface area contributed by atoms with Crippen molar-refractivity contribution < 1.29 is 0 Å². The number of fused-ring (bicyclic) bond motifs is 15. The second-order valence-corrected chi connectivity index (χ2v) is 18.0. The topological polar surface area (TPSA) is 71.3 Å². The van der Waals surface area contributed by atoms with Crippen LogP contribution in [0.4, 0.5) is 0 Å². The van der Waals surface area contributed by atoms with Crippen molar-refractivity contribution in [2.75, 3.05) is 0 Å². The van der Waals surface area contributed by atoms with Crippen LogP contribution in [0.3, 0.4) is 0 Å². The van der Waals surface area contributed by atoms with Gasteiger partial charge in [0.05, 0.1) is 50.2 Å². The Morgan fingerprint density at radius 2 is 1.12 bits per heavy atom. The second-order valence-electron chi connectivity index (χ2n) is 18.0. The molecule has 6 heterocycles. The number of para-hydroxylation sites is 4. The van der Waals surface area contributed by atoms with Crippen LogP contribution in [-0.4, -0.2) is 38.2 Å². The third-order valence-electron chi connectivity index (χ3n) is 14.4. The lowest BCUT2D eigenvalue weighted by atomic mass is 10.0. The molecule has 1 atom stereocenters. The summed E-state index contributed by atoms with van der Waals surface area (Å²) in [6.45, 7) is 0. The first-order valence-electron chi connectivity index (χ1n) is 23.5. The van der Waals surface area contributed by atoms with Crippen molar-refractivity contribution in [3.63, 3.8) is 0 Å². The maximum Gasteiger partial charge on any atom is 0.237 e. The van der Waals surface area contributed by atoms with E-state index >= 15 is 0 Å². The fraction of sp³-hybridized carbons (Fsp3) is 0.0667. The lowest BCUT2D eigenvalue weighted by Gasteiger charge is -2.18. The Morgan fingerprint density at radius 1 is 0.471 bits per heavy atom. The Hall–Kier alpha value is -8.88. The highest BCUT2D eigenvalue weighted by Gasteiger charge is 2.27. The summed E-state index contributed by atoms with van der Waals surface area (Å²) in [6.07, 6.45) is 18.3. The normalized spacial score (nSPS) is 14.9. The Morgan fingerprint density at radius 3 is 1.90 bits per heavy atom. The van der Waals surface area contributed by atoms with E-state index in [-0.39, 0.29) is 6.04 Å². The van der Waals surface area contributed by atoms with E-state index in [0.717, 1.165) is 90.7 Å². The van der Waals surface area contributed by atoms with Gasteiger partial charge in [0.1, 0.15) is 0 Å². The molecule has 13 aromatic rings. The van der Waals surface area contributed by atoms with Crippen molar-refractivity contribution in [3.05, 3.63) is 206 Å². The molecule has 0 spiro atoms. The summed E-state index contributed by atoms with van der Waals surface area (Å²) in [5.74, 6) is 1.11. The molecule has 1 unspecified atom stereocenters. The zero-order chi connectivity index (χ0) is 44.5. The van der Waals surface area contributed by atoms with Crippen molar-refractivity contribution in [1.82, 2.24) is 38.2 Å². The monoisotopic (exact) mass is 872 g/mol. The second kappa shape index (κ2) is 14.3. The summed E-state index contributed by atoms with van der Waals surface area (Å²) in [4.78, 5) is 21.9. The minimum Gasteiger partial charge on any atom is -0.333 e. The summed E-state index contributed by atoms with van der Waals surface area (Å²) in [6, 6.07) is 56.6. The highest BCUT2D eigenvalue weighted by Crippen LogP contribution is 2.45. The van der Waals surface area contributed by atoms with Crippen LogP contribution < -0.4 is 0 Å². The molecule has 6 aromatic heterocycles. The molecular formula is C60H40N8. The van der Waals surface area contributed by atoms with Crippen LogP contribution in [0.5, 0.6) is 0 Å². The van der Waals surface area contributed by atoms with Crippen molar-refractivity contribution in [2.45, 2.75) is 25.3 Å². The van der Waals surface area contributed by atoms with Crippen molar-refractivity contribution >= 4 is 93.4 Å². The van der Waals surface area contributed by atoms with E-state index in [1.54, 1.807) is 0 Å². The van der Waals surface area contributed by atoms with Gasteiger partial charge in [0.2, 0.25) is 11.9 Å². The number of nitrogens with zero attached hydrogens (tertiary/aromatic N) is 8. The summed E-state index contributed by atoms with van der Waals surface area (Å²) in [5, 5.41) is 8.95. The number of benzene rings is 7. The van der Waals surface area contributed by atoms with Gasteiger partial charge in [-0.05, 0) is 55.7 Å². The Balaban J connectivity index is 1.06. The molecule has 320 valence electrons. The van der Waals surface area contributed by atoms with Gasteiger partial charge >= 0.3 is 0 Å². The van der Waals surface area contributed by atoms with Gasteiger partial charge in [-0.2, -0.15) is 9.97 Å². The molecule has 0 saturated carbocycles. The van der Waals surface area contributed by atoms with E-state index in [9.17, 15) is 0 Å². The van der Waals surface area contributed by atoms with Crippen LogP contribution in [0.25, 0.3) is 122 Å². The van der Waals surface area contributed by atoms with E-state index in [1.165, 1.54) is 38.4 Å². The molecule has 7 aromatic carbocycles. The lowest BCUT2D eigenvalue weighted by molar-refractivity contribution is 0.648. The predicted molar refractivity (Wildman–Crippen MR) is 278 cm³/mol. The Kier molecular flexibility index (Phi) is 7.86. The minimum atomic E-state index is 0.189. The molecule has 8 heteroatoms. The van der Waals surface area contributed by atoms with Crippen LogP contribution in [0.2, 0.25) is 0 Å². The highest BCUT2D eigenvalue weighted by atomic mass is 15.2. The molecule has 0 aliphatic heterocycles. The van der Waals surface area contributed by atoms with Gasteiger partial charge in [0.25, 0.3) is 0 Å². The molecule has 0 bridgehead atoms. The number of rotatable bonds is 5. The first kappa shape index (κ1) is 37.4. The average Bonchev–Trinajstić information content (AvgIpc) is 4.14. The van der Waals surface area contributed by atoms with E-state index < -0.39 is 0 Å². The molecule has 0 amide bonds. The number of hydrogen-bond acceptors (Lipinski definition) is 4. The van der Waals surface area contributed by atoms with Crippen molar-refractivity contribution in [3.8, 4) is 28.8 Å². The zero-order valence-corrected chi connectivity index (χ0v) is 36.8. The van der Waals surface area contributed by atoms with Gasteiger partial charge in [-0.15, -0.1) is 0 Å². The molecule has 15 rings (SSSR count). The van der Waals surface area contributed by atoms with Gasteiger partial charge in [-0.25, -0.2) is 9.97 Å². The molecule has 0 saturated heterocycles. The highest BCUT2D eigenvalue weighted by molar-refractivity contribution is 6.26. The minimum absolute atomic E-state index is 0.189. The third-order valence-corrected chi connectivity index (χ3v) is 14.4. The summed E-state index contributed by atoms with van der Waals surface area (Å²) in [5.41, 5.74) is 13.8. The molecular weight excluding hydrogens is 833 g/mol. The first-order valence-corrected chi connectivity index (χ1v) is 23.5. The standard InChI is InChI=1S/C60H40N8/c1-4-18-37(19-5-1)54-47-36-61-59(68-50-30-16-12-26-42(50)45-33-32-44-41-25-10-14-28-48(41)66(56(44)57(45)68)39-22-8-3-9-23-39)63-58(47)64-60(62-54)67-49-29-15-11-24-40(49)43-34-35-52-53(55(43)67)46-27-13-17-31-51(46)65(52)38-20-6-2-7-21-38/h1-13,15-20,22-27,29-36,38H,14,21,28H2. The molecule has 2 aliphatic carbocycles.